The van der Waals surface area contributed by atoms with Gasteiger partial charge in [0.1, 0.15) is 10.6 Å². The highest BCUT2D eigenvalue weighted by atomic mass is 32.1. The maximum Gasteiger partial charge on any atom is 0.365 e. The quantitative estimate of drug-likeness (QED) is 0.122. The molecular formula is C29H36N4O7P2S. The second-order valence-electron chi connectivity index (χ2n) is 9.20. The number of nitrogens with one attached hydrogen (secondary N) is 2. The van der Waals surface area contributed by atoms with Crippen LogP contribution in [0.2, 0.25) is 0 Å². The Labute approximate surface area is 255 Å². The average molecular weight is 647 g/mol. The van der Waals surface area contributed by atoms with Crippen molar-refractivity contribution >= 4 is 54.2 Å². The van der Waals surface area contributed by atoms with Crippen LogP contribution in [0.1, 0.15) is 43.6 Å². The van der Waals surface area contributed by atoms with Crippen LogP contribution in [0.5, 0.6) is 0 Å². The summed E-state index contributed by atoms with van der Waals surface area (Å²) in [5.74, 6) is 0.328. The van der Waals surface area contributed by atoms with Crippen LogP contribution < -0.4 is 10.6 Å². The highest BCUT2D eigenvalue weighted by molar-refractivity contribution is 7.73. The molecule has 0 saturated heterocycles. The van der Waals surface area contributed by atoms with E-state index in [0.717, 1.165) is 5.56 Å². The van der Waals surface area contributed by atoms with Gasteiger partial charge in [0.2, 0.25) is 5.52 Å². The lowest BCUT2D eigenvalue weighted by Crippen LogP contribution is -2.26. The number of thiophene rings is 1. The van der Waals surface area contributed by atoms with E-state index in [1.165, 1.54) is 11.3 Å². The van der Waals surface area contributed by atoms with Gasteiger partial charge in [-0.1, -0.05) is 29.8 Å². The lowest BCUT2D eigenvalue weighted by atomic mass is 10.1. The summed E-state index contributed by atoms with van der Waals surface area (Å²) in [4.78, 5) is 22.9. The maximum absolute atomic E-state index is 14.1. The Morgan fingerprint density at radius 2 is 1.47 bits per heavy atom. The van der Waals surface area contributed by atoms with Crippen molar-refractivity contribution in [3.63, 3.8) is 0 Å². The average Bonchev–Trinajstić information content (AvgIpc) is 3.46. The van der Waals surface area contributed by atoms with Crippen molar-refractivity contribution in [2.75, 3.05) is 37.1 Å². The molecule has 14 heteroatoms. The molecule has 0 aliphatic heterocycles. The minimum atomic E-state index is -4.11. The molecule has 4 aromatic rings. The number of hydrogen-bond donors (Lipinski definition) is 2. The van der Waals surface area contributed by atoms with E-state index in [9.17, 15) is 13.9 Å². The Balaban J connectivity index is 1.76. The summed E-state index contributed by atoms with van der Waals surface area (Å²) < 4.78 is 50.6. The Kier molecular flexibility index (Phi) is 11.3. The third kappa shape index (κ3) is 7.77. The van der Waals surface area contributed by atoms with E-state index in [1.54, 1.807) is 64.1 Å². The number of benzene rings is 2. The predicted octanol–water partition coefficient (Wildman–Crippen LogP) is 8.15. The topological polar surface area (TPSA) is 138 Å². The van der Waals surface area contributed by atoms with Crippen molar-refractivity contribution in [1.82, 2.24) is 9.97 Å². The van der Waals surface area contributed by atoms with Gasteiger partial charge in [-0.2, -0.15) is 0 Å². The third-order valence-corrected chi connectivity index (χ3v) is 12.6. The van der Waals surface area contributed by atoms with E-state index in [-0.39, 0.29) is 38.2 Å². The first-order valence-electron chi connectivity index (χ1n) is 13.9. The van der Waals surface area contributed by atoms with Gasteiger partial charge in [0.25, 0.3) is 5.91 Å². The lowest BCUT2D eigenvalue weighted by Gasteiger charge is -2.32. The summed E-state index contributed by atoms with van der Waals surface area (Å²) in [6.45, 7) is 8.78. The molecule has 0 atom stereocenters. The number of aromatic nitrogens is 2. The van der Waals surface area contributed by atoms with Gasteiger partial charge in [0.05, 0.1) is 31.8 Å². The number of fused-ring (bicyclic) bond motifs is 1. The van der Waals surface area contributed by atoms with E-state index in [1.807, 2.05) is 30.5 Å². The number of amides is 1. The van der Waals surface area contributed by atoms with E-state index in [0.29, 0.717) is 32.9 Å². The fourth-order valence-electron chi connectivity index (χ4n) is 4.27. The zero-order valence-electron chi connectivity index (χ0n) is 24.7. The summed E-state index contributed by atoms with van der Waals surface area (Å²) in [7, 11) is -8.21. The number of nitrogens with zero attached hydrogens (tertiary/aromatic N) is 2. The van der Waals surface area contributed by atoms with Crippen LogP contribution in [0.15, 0.2) is 60.0 Å². The van der Waals surface area contributed by atoms with Crippen LogP contribution in [0.3, 0.4) is 0 Å². The van der Waals surface area contributed by atoms with Gasteiger partial charge in [0.15, 0.2) is 5.82 Å². The molecule has 2 heterocycles. The van der Waals surface area contributed by atoms with Gasteiger partial charge in [-0.15, -0.1) is 11.3 Å². The number of rotatable bonds is 15. The number of hydrogen-bond acceptors (Lipinski definition) is 11. The van der Waals surface area contributed by atoms with Crippen LogP contribution in [0.4, 0.5) is 11.5 Å². The van der Waals surface area contributed by atoms with Gasteiger partial charge in [-0.05, 0) is 70.3 Å². The van der Waals surface area contributed by atoms with Gasteiger partial charge in [-0.25, -0.2) is 9.97 Å². The summed E-state index contributed by atoms with van der Waals surface area (Å²) in [5.41, 5.74) is 1.26. The summed E-state index contributed by atoms with van der Waals surface area (Å²) in [5, 5.41) is 8.44. The second kappa shape index (κ2) is 14.7. The number of anilines is 2. The molecule has 2 N–H and O–H groups in total. The molecule has 0 radical (unpaired) electrons. The van der Waals surface area contributed by atoms with Crippen LogP contribution in [0.25, 0.3) is 21.6 Å². The minimum Gasteiger partial charge on any atom is -0.346 e. The summed E-state index contributed by atoms with van der Waals surface area (Å²) in [6.07, 6.45) is 0. The fraction of sp³-hybridized carbons (Fsp3) is 0.345. The number of aryl methyl sites for hydroxylation is 1. The molecule has 0 unspecified atom stereocenters. The maximum atomic E-state index is 14.1. The largest absolute Gasteiger partial charge is 0.365 e. The van der Waals surface area contributed by atoms with Crippen LogP contribution in [-0.2, 0) is 27.2 Å². The molecule has 43 heavy (non-hydrogen) atoms. The van der Waals surface area contributed by atoms with Gasteiger partial charge in [0, 0.05) is 16.8 Å². The monoisotopic (exact) mass is 646 g/mol. The first kappa shape index (κ1) is 33.0. The Hall–Kier alpha value is -2.95. The molecule has 230 valence electrons. The summed E-state index contributed by atoms with van der Waals surface area (Å²) >= 11 is 1.38. The van der Waals surface area contributed by atoms with Gasteiger partial charge >= 0.3 is 15.2 Å². The smallest absolute Gasteiger partial charge is 0.346 e. The summed E-state index contributed by atoms with van der Waals surface area (Å²) in [6, 6.07) is 16.2. The highest BCUT2D eigenvalue weighted by Crippen LogP contribution is 2.70. The molecule has 0 fully saturated rings. The van der Waals surface area contributed by atoms with Crippen LogP contribution >= 0.6 is 26.5 Å². The molecule has 1 amide bonds. The second-order valence-corrected chi connectivity index (χ2v) is 14.7. The van der Waals surface area contributed by atoms with Crippen molar-refractivity contribution in [2.45, 2.75) is 40.1 Å². The lowest BCUT2D eigenvalue weighted by molar-refractivity contribution is 0.102. The van der Waals surface area contributed by atoms with Crippen molar-refractivity contribution in [1.29, 1.82) is 0 Å². The molecule has 0 spiro atoms. The molecule has 4 rings (SSSR count). The fourth-order valence-corrected chi connectivity index (χ4v) is 9.93. The Morgan fingerprint density at radius 1 is 0.860 bits per heavy atom. The molecule has 0 bridgehead atoms. The SMILES string of the molecule is CCOP(=O)(OCC)C(Nc1nc(-c2cccc(NC(=O)c3ccc(C)cc3)c2)nc2sccc12)P(=O)(OCC)OCC. The number of carbonyl (C=O) groups is 1. The van der Waals surface area contributed by atoms with Gasteiger partial charge < -0.3 is 28.7 Å². The number of carbonyl (C=O) groups excluding carboxylic acids is 1. The molecule has 2 aromatic carbocycles. The molecule has 2 aromatic heterocycles. The van der Waals surface area contributed by atoms with Crippen molar-refractivity contribution < 1.29 is 32.0 Å². The molecule has 0 aliphatic carbocycles. The van der Waals surface area contributed by atoms with Crippen molar-refractivity contribution in [3.8, 4) is 11.4 Å². The van der Waals surface area contributed by atoms with E-state index >= 15 is 0 Å². The predicted molar refractivity (Wildman–Crippen MR) is 171 cm³/mol. The third-order valence-electron chi connectivity index (χ3n) is 6.12. The van der Waals surface area contributed by atoms with Crippen molar-refractivity contribution in [3.05, 3.63) is 71.1 Å². The Morgan fingerprint density at radius 3 is 2.05 bits per heavy atom. The normalized spacial score (nSPS) is 12.1. The standard InChI is InChI=1S/C29H36N4O7P2S/c1-6-37-41(35,38-7-2)29(42(36,39-8-3)40-9-4)33-26-24-17-18-43-28(24)32-25(31-26)22-11-10-12-23(19-22)30-27(34)21-15-13-20(5)14-16-21/h10-19,29H,6-9H2,1-5H3,(H,30,34)(H,31,32,33). The molecule has 0 saturated carbocycles. The highest BCUT2D eigenvalue weighted by Gasteiger charge is 2.51. The zero-order valence-corrected chi connectivity index (χ0v) is 27.3. The van der Waals surface area contributed by atoms with E-state index in [4.69, 9.17) is 28.1 Å². The zero-order chi connectivity index (χ0) is 31.0. The molecule has 11 nitrogen and oxygen atoms in total. The minimum absolute atomic E-state index is 0.0394. The first-order chi connectivity index (χ1) is 20.7. The van der Waals surface area contributed by atoms with Crippen LogP contribution in [0, 0.1) is 6.92 Å². The van der Waals surface area contributed by atoms with Crippen LogP contribution in [-0.4, -0.2) is 47.8 Å². The van der Waals surface area contributed by atoms with Crippen molar-refractivity contribution in [2.24, 2.45) is 0 Å². The Bertz CT molecular complexity index is 1600. The van der Waals surface area contributed by atoms with Gasteiger partial charge in [-0.3, -0.25) is 13.9 Å². The molecule has 0 aliphatic rings. The van der Waals surface area contributed by atoms with E-state index in [2.05, 4.69) is 10.6 Å². The molecular weight excluding hydrogens is 610 g/mol. The van der Waals surface area contributed by atoms with E-state index < -0.39 is 20.7 Å². The first-order valence-corrected chi connectivity index (χ1v) is 18.0.